The fraction of sp³-hybridized carbons (Fsp3) is 0.533. The van der Waals surface area contributed by atoms with Gasteiger partial charge in [0, 0.05) is 13.1 Å². The van der Waals surface area contributed by atoms with E-state index in [-0.39, 0.29) is 18.7 Å². The molecule has 0 saturated carbocycles. The molecule has 19 heavy (non-hydrogen) atoms. The molecule has 1 heterocycles. The summed E-state index contributed by atoms with van der Waals surface area (Å²) in [5, 5.41) is 12.1. The van der Waals surface area contributed by atoms with Crippen molar-refractivity contribution >= 4 is 6.03 Å². The summed E-state index contributed by atoms with van der Waals surface area (Å²) >= 11 is 0. The average Bonchev–Trinajstić information content (AvgIpc) is 2.89. The number of urea groups is 1. The molecule has 1 aromatic rings. The molecule has 1 saturated heterocycles. The number of nitrogens with one attached hydrogen (secondary N) is 1. The monoisotopic (exact) mass is 262 g/mol. The zero-order chi connectivity index (χ0) is 13.7. The molecule has 0 unspecified atom stereocenters. The minimum atomic E-state index is -0.0508. The highest BCUT2D eigenvalue weighted by Crippen LogP contribution is 2.16. The van der Waals surface area contributed by atoms with Crippen LogP contribution in [0.25, 0.3) is 0 Å². The average molecular weight is 262 g/mol. The van der Waals surface area contributed by atoms with Gasteiger partial charge in [-0.15, -0.1) is 0 Å². The number of aliphatic hydroxyl groups is 1. The number of hydrogen-bond donors (Lipinski definition) is 2. The normalized spacial score (nSPS) is 18.6. The fourth-order valence-corrected chi connectivity index (χ4v) is 2.59. The van der Waals surface area contributed by atoms with Gasteiger partial charge in [0.2, 0.25) is 0 Å². The van der Waals surface area contributed by atoms with Crippen molar-refractivity contribution in [2.24, 2.45) is 0 Å². The Balaban J connectivity index is 1.80. The van der Waals surface area contributed by atoms with Crippen molar-refractivity contribution in [3.8, 4) is 0 Å². The van der Waals surface area contributed by atoms with Gasteiger partial charge in [0.25, 0.3) is 0 Å². The minimum absolute atomic E-state index is 0.00142. The topological polar surface area (TPSA) is 52.6 Å². The number of amides is 2. The largest absolute Gasteiger partial charge is 0.394 e. The Morgan fingerprint density at radius 3 is 3.00 bits per heavy atom. The van der Waals surface area contributed by atoms with Crippen molar-refractivity contribution in [2.75, 3.05) is 19.7 Å². The van der Waals surface area contributed by atoms with Crippen molar-refractivity contribution in [2.45, 2.75) is 32.2 Å². The third-order valence-electron chi connectivity index (χ3n) is 3.78. The number of aryl methyl sites for hydroxylation is 1. The van der Waals surface area contributed by atoms with Crippen molar-refractivity contribution in [3.05, 3.63) is 35.4 Å². The Hall–Kier alpha value is -1.55. The van der Waals surface area contributed by atoms with Crippen molar-refractivity contribution in [1.29, 1.82) is 0 Å². The first-order chi connectivity index (χ1) is 9.22. The van der Waals surface area contributed by atoms with E-state index in [4.69, 9.17) is 0 Å². The van der Waals surface area contributed by atoms with Crippen LogP contribution in [-0.4, -0.2) is 41.8 Å². The van der Waals surface area contributed by atoms with Gasteiger partial charge in [-0.3, -0.25) is 0 Å². The van der Waals surface area contributed by atoms with Gasteiger partial charge < -0.3 is 15.3 Å². The predicted molar refractivity (Wildman–Crippen MR) is 75.1 cm³/mol. The van der Waals surface area contributed by atoms with Crippen molar-refractivity contribution in [1.82, 2.24) is 10.2 Å². The van der Waals surface area contributed by atoms with Crippen molar-refractivity contribution < 1.29 is 9.90 Å². The van der Waals surface area contributed by atoms with Gasteiger partial charge in [-0.2, -0.15) is 0 Å². The summed E-state index contributed by atoms with van der Waals surface area (Å²) < 4.78 is 0. The number of likely N-dealkylation sites (tertiary alicyclic amines) is 1. The van der Waals surface area contributed by atoms with E-state index >= 15 is 0 Å². The van der Waals surface area contributed by atoms with Crippen LogP contribution in [0.1, 0.15) is 24.0 Å². The van der Waals surface area contributed by atoms with Crippen LogP contribution in [0.5, 0.6) is 0 Å². The second-order valence-corrected chi connectivity index (χ2v) is 5.08. The molecule has 4 nitrogen and oxygen atoms in total. The first-order valence-electron chi connectivity index (χ1n) is 6.92. The molecular formula is C15H22N2O2. The summed E-state index contributed by atoms with van der Waals surface area (Å²) in [6.45, 7) is 3.53. The quantitative estimate of drug-likeness (QED) is 0.868. The van der Waals surface area contributed by atoms with E-state index < -0.39 is 0 Å². The standard InChI is InChI=1S/C15H22N2O2/c1-12-5-2-3-6-13(12)8-9-16-15(19)17-10-4-7-14(17)11-18/h2-3,5-6,14,18H,4,7-11H2,1H3,(H,16,19)/t14-/m1/s1. The SMILES string of the molecule is Cc1ccccc1CCNC(=O)N1CCC[C@@H]1CO. The molecule has 1 aromatic carbocycles. The molecule has 0 radical (unpaired) electrons. The third-order valence-corrected chi connectivity index (χ3v) is 3.78. The number of hydrogen-bond acceptors (Lipinski definition) is 2. The van der Waals surface area contributed by atoms with Crippen LogP contribution < -0.4 is 5.32 Å². The van der Waals surface area contributed by atoms with Gasteiger partial charge in [0.15, 0.2) is 0 Å². The number of nitrogens with zero attached hydrogens (tertiary/aromatic N) is 1. The summed E-state index contributed by atoms with van der Waals surface area (Å²) in [6.07, 6.45) is 2.73. The lowest BCUT2D eigenvalue weighted by Gasteiger charge is -2.23. The van der Waals surface area contributed by atoms with Gasteiger partial charge in [-0.1, -0.05) is 24.3 Å². The van der Waals surface area contributed by atoms with Gasteiger partial charge in [0.05, 0.1) is 12.6 Å². The lowest BCUT2D eigenvalue weighted by molar-refractivity contribution is 0.157. The molecule has 104 valence electrons. The van der Waals surface area contributed by atoms with E-state index in [0.717, 1.165) is 25.8 Å². The first-order valence-corrected chi connectivity index (χ1v) is 6.92. The number of carbonyl (C=O) groups is 1. The summed E-state index contributed by atoms with van der Waals surface area (Å²) in [7, 11) is 0. The van der Waals surface area contributed by atoms with E-state index in [9.17, 15) is 9.90 Å². The van der Waals surface area contributed by atoms with Crippen molar-refractivity contribution in [3.63, 3.8) is 0 Å². The Kier molecular flexibility index (Phi) is 4.80. The Morgan fingerprint density at radius 2 is 2.26 bits per heavy atom. The maximum Gasteiger partial charge on any atom is 0.317 e. The van der Waals surface area contributed by atoms with Crippen LogP contribution in [0.2, 0.25) is 0 Å². The maximum atomic E-state index is 12.0. The molecular weight excluding hydrogens is 240 g/mol. The Bertz CT molecular complexity index is 434. The summed E-state index contributed by atoms with van der Waals surface area (Å²) in [4.78, 5) is 13.7. The number of benzene rings is 1. The molecule has 0 aromatic heterocycles. The Morgan fingerprint density at radius 1 is 1.47 bits per heavy atom. The summed E-state index contributed by atoms with van der Waals surface area (Å²) in [5.41, 5.74) is 2.52. The third kappa shape index (κ3) is 3.47. The highest BCUT2D eigenvalue weighted by Gasteiger charge is 2.27. The summed E-state index contributed by atoms with van der Waals surface area (Å²) in [5.74, 6) is 0. The molecule has 2 amide bonds. The zero-order valence-corrected chi connectivity index (χ0v) is 11.4. The second kappa shape index (κ2) is 6.57. The highest BCUT2D eigenvalue weighted by molar-refractivity contribution is 5.74. The molecule has 1 aliphatic heterocycles. The first kappa shape index (κ1) is 13.9. The van der Waals surface area contributed by atoms with E-state index in [1.165, 1.54) is 11.1 Å². The van der Waals surface area contributed by atoms with Crippen LogP contribution in [0.3, 0.4) is 0 Å². The lowest BCUT2D eigenvalue weighted by Crippen LogP contribution is -2.44. The Labute approximate surface area is 114 Å². The lowest BCUT2D eigenvalue weighted by atomic mass is 10.1. The fourth-order valence-electron chi connectivity index (χ4n) is 2.59. The minimum Gasteiger partial charge on any atom is -0.394 e. The molecule has 0 spiro atoms. The van der Waals surface area contributed by atoms with Gasteiger partial charge in [-0.05, 0) is 37.3 Å². The van der Waals surface area contributed by atoms with Gasteiger partial charge >= 0.3 is 6.03 Å². The molecule has 4 heteroatoms. The van der Waals surface area contributed by atoms with Gasteiger partial charge in [0.1, 0.15) is 0 Å². The number of rotatable bonds is 4. The maximum absolute atomic E-state index is 12.0. The van der Waals surface area contributed by atoms with Crippen LogP contribution in [0.15, 0.2) is 24.3 Å². The predicted octanol–water partition coefficient (Wildman–Crippen LogP) is 1.70. The summed E-state index contributed by atoms with van der Waals surface area (Å²) in [6, 6.07) is 8.16. The molecule has 1 fully saturated rings. The molecule has 0 aliphatic carbocycles. The van der Waals surface area contributed by atoms with E-state index in [0.29, 0.717) is 6.54 Å². The van der Waals surface area contributed by atoms with Gasteiger partial charge in [-0.25, -0.2) is 4.79 Å². The molecule has 1 atom stereocenters. The van der Waals surface area contributed by atoms with Crippen LogP contribution in [0.4, 0.5) is 4.79 Å². The molecule has 0 bridgehead atoms. The van der Waals surface area contributed by atoms with Crippen LogP contribution >= 0.6 is 0 Å². The molecule has 2 rings (SSSR count). The second-order valence-electron chi connectivity index (χ2n) is 5.08. The van der Waals surface area contributed by atoms with E-state index in [1.807, 2.05) is 12.1 Å². The zero-order valence-electron chi connectivity index (χ0n) is 11.4. The van der Waals surface area contributed by atoms with Crippen LogP contribution in [0, 0.1) is 6.92 Å². The number of aliphatic hydroxyl groups excluding tert-OH is 1. The van der Waals surface area contributed by atoms with E-state index in [1.54, 1.807) is 4.90 Å². The molecule has 2 N–H and O–H groups in total. The smallest absolute Gasteiger partial charge is 0.317 e. The number of carbonyl (C=O) groups excluding carboxylic acids is 1. The highest BCUT2D eigenvalue weighted by atomic mass is 16.3. The van der Waals surface area contributed by atoms with Crippen LogP contribution in [-0.2, 0) is 6.42 Å². The van der Waals surface area contributed by atoms with E-state index in [2.05, 4.69) is 24.4 Å². The molecule has 1 aliphatic rings.